The summed E-state index contributed by atoms with van der Waals surface area (Å²) < 4.78 is 5.73. The van der Waals surface area contributed by atoms with Gasteiger partial charge in [0, 0.05) is 6.04 Å². The lowest BCUT2D eigenvalue weighted by atomic mass is 10.1. The van der Waals surface area contributed by atoms with Gasteiger partial charge in [-0.3, -0.25) is 0 Å². The predicted octanol–water partition coefficient (Wildman–Crippen LogP) is 4.01. The highest BCUT2D eigenvalue weighted by molar-refractivity contribution is 5.20. The average Bonchev–Trinajstić information content (AvgIpc) is 2.42. The van der Waals surface area contributed by atoms with Crippen LogP contribution >= 0.6 is 0 Å². The van der Waals surface area contributed by atoms with Crippen LogP contribution in [0.4, 0.5) is 0 Å². The van der Waals surface area contributed by atoms with Gasteiger partial charge in [0.05, 0.1) is 6.61 Å². The zero-order valence-electron chi connectivity index (χ0n) is 11.8. The second-order valence-corrected chi connectivity index (χ2v) is 4.79. The van der Waals surface area contributed by atoms with Crippen LogP contribution in [0.1, 0.15) is 45.4 Å². The molecule has 0 aliphatic carbocycles. The molecule has 1 atom stereocenters. The molecule has 0 heterocycles. The topological polar surface area (TPSA) is 21.3 Å². The maximum Gasteiger partial charge on any atom is 0.119 e. The predicted molar refractivity (Wildman–Crippen MR) is 78.2 cm³/mol. The molecule has 0 spiro atoms. The third kappa shape index (κ3) is 6.65. The Morgan fingerprint density at radius 2 is 1.83 bits per heavy atom. The maximum absolute atomic E-state index is 5.73. The number of unbranched alkanes of at least 4 members (excludes halogenated alkanes) is 3. The molecule has 0 aliphatic rings. The van der Waals surface area contributed by atoms with Crippen LogP contribution < -0.4 is 10.1 Å². The Morgan fingerprint density at radius 1 is 1.06 bits per heavy atom. The minimum Gasteiger partial charge on any atom is -0.494 e. The second-order valence-electron chi connectivity index (χ2n) is 4.79. The first-order valence-corrected chi connectivity index (χ1v) is 7.22. The van der Waals surface area contributed by atoms with E-state index >= 15 is 0 Å². The van der Waals surface area contributed by atoms with Crippen molar-refractivity contribution in [3.8, 4) is 5.75 Å². The van der Waals surface area contributed by atoms with Gasteiger partial charge in [0.1, 0.15) is 5.75 Å². The lowest BCUT2D eigenvalue weighted by molar-refractivity contribution is 0.283. The van der Waals surface area contributed by atoms with Gasteiger partial charge in [-0.25, -0.2) is 0 Å². The first-order chi connectivity index (χ1) is 8.86. The summed E-state index contributed by atoms with van der Waals surface area (Å²) in [6.45, 7) is 3.05. The molecule has 1 aromatic rings. The Kier molecular flexibility index (Phi) is 8.32. The minimum atomic E-state index is 0.588. The van der Waals surface area contributed by atoms with E-state index in [1.54, 1.807) is 0 Å². The van der Waals surface area contributed by atoms with Crippen LogP contribution in [0.15, 0.2) is 30.3 Å². The monoisotopic (exact) mass is 249 g/mol. The molecule has 18 heavy (non-hydrogen) atoms. The fraction of sp³-hybridized carbons (Fsp3) is 0.625. The van der Waals surface area contributed by atoms with Gasteiger partial charge < -0.3 is 10.1 Å². The third-order valence-corrected chi connectivity index (χ3v) is 3.29. The molecule has 1 unspecified atom stereocenters. The molecule has 0 fully saturated rings. The van der Waals surface area contributed by atoms with Gasteiger partial charge in [-0.15, -0.1) is 0 Å². The highest BCUT2D eigenvalue weighted by Crippen LogP contribution is 2.11. The molecule has 1 aromatic carbocycles. The van der Waals surface area contributed by atoms with E-state index in [1.165, 1.54) is 32.1 Å². The van der Waals surface area contributed by atoms with Crippen molar-refractivity contribution in [2.45, 2.75) is 51.5 Å². The van der Waals surface area contributed by atoms with E-state index in [2.05, 4.69) is 12.2 Å². The van der Waals surface area contributed by atoms with Crippen molar-refractivity contribution in [1.29, 1.82) is 0 Å². The van der Waals surface area contributed by atoms with E-state index in [0.29, 0.717) is 6.04 Å². The van der Waals surface area contributed by atoms with Gasteiger partial charge >= 0.3 is 0 Å². The van der Waals surface area contributed by atoms with E-state index in [-0.39, 0.29) is 0 Å². The number of para-hydroxylation sites is 1. The Balaban J connectivity index is 2.11. The number of nitrogens with one attached hydrogen (secondary N) is 1. The molecule has 2 nitrogen and oxygen atoms in total. The van der Waals surface area contributed by atoms with Crippen molar-refractivity contribution in [2.24, 2.45) is 0 Å². The molecule has 2 heteroatoms. The molecule has 0 aromatic heterocycles. The average molecular weight is 249 g/mol. The molecule has 1 N–H and O–H groups in total. The zero-order valence-corrected chi connectivity index (χ0v) is 11.8. The first-order valence-electron chi connectivity index (χ1n) is 7.22. The molecule has 0 bridgehead atoms. The Labute approximate surface area is 112 Å². The molecule has 0 saturated heterocycles. The number of hydrogen-bond acceptors (Lipinski definition) is 2. The summed E-state index contributed by atoms with van der Waals surface area (Å²) in [6, 6.07) is 10.6. The summed E-state index contributed by atoms with van der Waals surface area (Å²) in [5, 5.41) is 3.39. The van der Waals surface area contributed by atoms with Gasteiger partial charge in [-0.05, 0) is 32.0 Å². The fourth-order valence-corrected chi connectivity index (χ4v) is 2.09. The zero-order chi connectivity index (χ0) is 13.1. The van der Waals surface area contributed by atoms with Gasteiger partial charge in [-0.1, -0.05) is 50.8 Å². The third-order valence-electron chi connectivity index (χ3n) is 3.29. The van der Waals surface area contributed by atoms with Gasteiger partial charge in [0.2, 0.25) is 0 Å². The normalized spacial score (nSPS) is 12.3. The highest BCUT2D eigenvalue weighted by atomic mass is 16.5. The fourth-order valence-electron chi connectivity index (χ4n) is 2.09. The van der Waals surface area contributed by atoms with Crippen LogP contribution in [0.2, 0.25) is 0 Å². The lowest BCUT2D eigenvalue weighted by Crippen LogP contribution is -2.27. The van der Waals surface area contributed by atoms with Crippen molar-refractivity contribution in [2.75, 3.05) is 13.7 Å². The highest BCUT2D eigenvalue weighted by Gasteiger charge is 2.05. The van der Waals surface area contributed by atoms with E-state index in [9.17, 15) is 0 Å². The Hall–Kier alpha value is -1.02. The molecular weight excluding hydrogens is 222 g/mol. The summed E-state index contributed by atoms with van der Waals surface area (Å²) in [7, 11) is 2.05. The van der Waals surface area contributed by atoms with E-state index < -0.39 is 0 Å². The second kappa shape index (κ2) is 9.95. The van der Waals surface area contributed by atoms with Crippen molar-refractivity contribution in [1.82, 2.24) is 5.32 Å². The van der Waals surface area contributed by atoms with Crippen LogP contribution in [0, 0.1) is 0 Å². The smallest absolute Gasteiger partial charge is 0.119 e. The van der Waals surface area contributed by atoms with Gasteiger partial charge in [0.25, 0.3) is 0 Å². The van der Waals surface area contributed by atoms with Crippen molar-refractivity contribution >= 4 is 0 Å². The Morgan fingerprint density at radius 3 is 2.50 bits per heavy atom. The summed E-state index contributed by atoms with van der Waals surface area (Å²) in [5.41, 5.74) is 0. The summed E-state index contributed by atoms with van der Waals surface area (Å²) in [6.07, 6.45) is 7.68. The Bertz CT molecular complexity index is 286. The van der Waals surface area contributed by atoms with Gasteiger partial charge in [-0.2, -0.15) is 0 Å². The first kappa shape index (κ1) is 15.0. The SMILES string of the molecule is CCCCCCC(CCOc1ccccc1)NC. The van der Waals surface area contributed by atoms with Crippen LogP contribution in [-0.2, 0) is 0 Å². The summed E-state index contributed by atoms with van der Waals surface area (Å²) in [4.78, 5) is 0. The molecule has 0 radical (unpaired) electrons. The largest absolute Gasteiger partial charge is 0.494 e. The summed E-state index contributed by atoms with van der Waals surface area (Å²) >= 11 is 0. The molecule has 0 aliphatic heterocycles. The molecule has 102 valence electrons. The van der Waals surface area contributed by atoms with Crippen LogP contribution in [0.5, 0.6) is 5.75 Å². The lowest BCUT2D eigenvalue weighted by Gasteiger charge is -2.16. The number of hydrogen-bond donors (Lipinski definition) is 1. The van der Waals surface area contributed by atoms with Crippen molar-refractivity contribution in [3.63, 3.8) is 0 Å². The minimum absolute atomic E-state index is 0.588. The standard InChI is InChI=1S/C16H27NO/c1-3-4-5-7-10-15(17-2)13-14-18-16-11-8-6-9-12-16/h6,8-9,11-12,15,17H,3-5,7,10,13-14H2,1-2H3. The van der Waals surface area contributed by atoms with E-state index in [4.69, 9.17) is 4.74 Å². The molecule has 1 rings (SSSR count). The van der Waals surface area contributed by atoms with Crippen molar-refractivity contribution < 1.29 is 4.74 Å². The maximum atomic E-state index is 5.73. The quantitative estimate of drug-likeness (QED) is 0.632. The molecular formula is C16H27NO. The van der Waals surface area contributed by atoms with Crippen molar-refractivity contribution in [3.05, 3.63) is 30.3 Å². The van der Waals surface area contributed by atoms with Crippen LogP contribution in [0.3, 0.4) is 0 Å². The van der Waals surface area contributed by atoms with Gasteiger partial charge in [0.15, 0.2) is 0 Å². The number of rotatable bonds is 10. The molecule has 0 saturated carbocycles. The van der Waals surface area contributed by atoms with E-state index in [0.717, 1.165) is 18.8 Å². The molecule has 0 amide bonds. The number of benzene rings is 1. The van der Waals surface area contributed by atoms with Crippen LogP contribution in [0.25, 0.3) is 0 Å². The van der Waals surface area contributed by atoms with E-state index in [1.807, 2.05) is 37.4 Å². The summed E-state index contributed by atoms with van der Waals surface area (Å²) in [5.74, 6) is 0.971. The number of ether oxygens (including phenoxy) is 1. The van der Waals surface area contributed by atoms with Crippen LogP contribution in [-0.4, -0.2) is 19.7 Å².